The van der Waals surface area contributed by atoms with Gasteiger partial charge in [-0.2, -0.15) is 0 Å². The Morgan fingerprint density at radius 3 is 2.68 bits per heavy atom. The second kappa shape index (κ2) is 5.57. The number of carbonyl (C=O) groups is 2. The standard InChI is InChI=1S/C17H17NO3S/c1-9-5-3-4-6-11(9)15(19)14-12-7-10(17(20)21-2)8-13(12)22-16(14)18/h3-6,10H,7-8,18H2,1-2H3. The van der Waals surface area contributed by atoms with E-state index in [0.717, 1.165) is 16.0 Å². The monoisotopic (exact) mass is 315 g/mol. The summed E-state index contributed by atoms with van der Waals surface area (Å²) in [4.78, 5) is 25.6. The summed E-state index contributed by atoms with van der Waals surface area (Å²) in [5.74, 6) is -0.481. The molecule has 1 unspecified atom stereocenters. The van der Waals surface area contributed by atoms with Gasteiger partial charge in [0.05, 0.1) is 23.6 Å². The number of nitrogens with two attached hydrogens (primary N) is 1. The molecule has 114 valence electrons. The van der Waals surface area contributed by atoms with E-state index in [1.165, 1.54) is 18.4 Å². The van der Waals surface area contributed by atoms with E-state index in [1.807, 2.05) is 31.2 Å². The number of esters is 1. The third-order valence-electron chi connectivity index (χ3n) is 4.15. The SMILES string of the molecule is COC(=O)C1Cc2sc(N)c(C(=O)c3ccccc3C)c2C1. The van der Waals surface area contributed by atoms with Gasteiger partial charge in [-0.25, -0.2) is 0 Å². The Bertz CT molecular complexity index is 763. The predicted octanol–water partition coefficient (Wildman–Crippen LogP) is 2.76. The molecule has 5 heteroatoms. The zero-order valence-electron chi connectivity index (χ0n) is 12.5. The highest BCUT2D eigenvalue weighted by Crippen LogP contribution is 2.41. The van der Waals surface area contributed by atoms with Crippen molar-refractivity contribution < 1.29 is 14.3 Å². The molecule has 1 aromatic heterocycles. The van der Waals surface area contributed by atoms with E-state index in [9.17, 15) is 9.59 Å². The van der Waals surface area contributed by atoms with Gasteiger partial charge in [0.25, 0.3) is 0 Å². The zero-order chi connectivity index (χ0) is 15.9. The van der Waals surface area contributed by atoms with Crippen LogP contribution in [0.5, 0.6) is 0 Å². The molecule has 1 aromatic carbocycles. The van der Waals surface area contributed by atoms with Crippen LogP contribution in [-0.2, 0) is 22.4 Å². The summed E-state index contributed by atoms with van der Waals surface area (Å²) in [6, 6.07) is 7.47. The minimum absolute atomic E-state index is 0.0568. The van der Waals surface area contributed by atoms with Gasteiger partial charge in [-0.15, -0.1) is 11.3 Å². The number of carbonyl (C=O) groups excluding carboxylic acids is 2. The molecular weight excluding hydrogens is 298 g/mol. The van der Waals surface area contributed by atoms with Gasteiger partial charge in [-0.05, 0) is 30.9 Å². The minimum atomic E-state index is -0.226. The van der Waals surface area contributed by atoms with Crippen LogP contribution in [0.25, 0.3) is 0 Å². The van der Waals surface area contributed by atoms with Gasteiger partial charge in [-0.3, -0.25) is 9.59 Å². The first-order valence-corrected chi connectivity index (χ1v) is 7.92. The van der Waals surface area contributed by atoms with Crippen molar-refractivity contribution in [2.24, 2.45) is 5.92 Å². The molecule has 4 nitrogen and oxygen atoms in total. The number of ether oxygens (including phenoxy) is 1. The largest absolute Gasteiger partial charge is 0.469 e. The summed E-state index contributed by atoms with van der Waals surface area (Å²) in [7, 11) is 1.39. The molecule has 22 heavy (non-hydrogen) atoms. The highest BCUT2D eigenvalue weighted by atomic mass is 32.1. The van der Waals surface area contributed by atoms with Crippen LogP contribution in [-0.4, -0.2) is 18.9 Å². The second-order valence-electron chi connectivity index (χ2n) is 5.52. The maximum atomic E-state index is 12.9. The van der Waals surface area contributed by atoms with Crippen molar-refractivity contribution in [2.45, 2.75) is 19.8 Å². The first-order chi connectivity index (χ1) is 10.5. The van der Waals surface area contributed by atoms with Gasteiger partial charge in [0.2, 0.25) is 0 Å². The fraction of sp³-hybridized carbons (Fsp3) is 0.294. The quantitative estimate of drug-likeness (QED) is 0.698. The zero-order valence-corrected chi connectivity index (χ0v) is 13.3. The molecule has 3 rings (SSSR count). The lowest BCUT2D eigenvalue weighted by atomic mass is 9.96. The fourth-order valence-electron chi connectivity index (χ4n) is 3.00. The highest BCUT2D eigenvalue weighted by Gasteiger charge is 2.35. The number of ketones is 1. The fourth-order valence-corrected chi connectivity index (χ4v) is 4.18. The van der Waals surface area contributed by atoms with E-state index in [-0.39, 0.29) is 17.7 Å². The number of anilines is 1. The maximum absolute atomic E-state index is 12.9. The van der Waals surface area contributed by atoms with Crippen LogP contribution in [0.3, 0.4) is 0 Å². The molecular formula is C17H17NO3S. The summed E-state index contributed by atoms with van der Waals surface area (Å²) >= 11 is 1.41. The van der Waals surface area contributed by atoms with Crippen molar-refractivity contribution in [3.63, 3.8) is 0 Å². The molecule has 0 saturated heterocycles. The lowest BCUT2D eigenvalue weighted by Gasteiger charge is -2.08. The van der Waals surface area contributed by atoms with Crippen molar-refractivity contribution in [3.8, 4) is 0 Å². The highest BCUT2D eigenvalue weighted by molar-refractivity contribution is 7.16. The number of methoxy groups -OCH3 is 1. The number of fused-ring (bicyclic) bond motifs is 1. The molecule has 0 bridgehead atoms. The number of hydrogen-bond donors (Lipinski definition) is 1. The van der Waals surface area contributed by atoms with Gasteiger partial charge in [0.15, 0.2) is 5.78 Å². The van der Waals surface area contributed by atoms with Crippen LogP contribution in [0.15, 0.2) is 24.3 Å². The molecule has 0 saturated carbocycles. The molecule has 0 radical (unpaired) electrons. The molecule has 1 atom stereocenters. The first kappa shape index (κ1) is 14.8. The molecule has 2 aromatic rings. The van der Waals surface area contributed by atoms with Crippen LogP contribution in [0.1, 0.15) is 31.9 Å². The van der Waals surface area contributed by atoms with E-state index in [1.54, 1.807) is 0 Å². The average molecular weight is 315 g/mol. The Kier molecular flexibility index (Phi) is 3.74. The van der Waals surface area contributed by atoms with Crippen molar-refractivity contribution in [1.29, 1.82) is 0 Å². The van der Waals surface area contributed by atoms with Crippen LogP contribution in [0.2, 0.25) is 0 Å². The lowest BCUT2D eigenvalue weighted by molar-refractivity contribution is -0.145. The maximum Gasteiger partial charge on any atom is 0.309 e. The number of hydrogen-bond acceptors (Lipinski definition) is 5. The van der Waals surface area contributed by atoms with Crippen molar-refractivity contribution in [2.75, 3.05) is 12.8 Å². The van der Waals surface area contributed by atoms with Gasteiger partial charge >= 0.3 is 5.97 Å². The summed E-state index contributed by atoms with van der Waals surface area (Å²) in [6.45, 7) is 1.91. The van der Waals surface area contributed by atoms with E-state index >= 15 is 0 Å². The van der Waals surface area contributed by atoms with Gasteiger partial charge in [-0.1, -0.05) is 24.3 Å². The average Bonchev–Trinajstić information content (AvgIpc) is 3.02. The number of aryl methyl sites for hydroxylation is 1. The summed E-state index contributed by atoms with van der Waals surface area (Å²) in [5.41, 5.74) is 9.16. The lowest BCUT2D eigenvalue weighted by Crippen LogP contribution is -2.17. The van der Waals surface area contributed by atoms with E-state index < -0.39 is 0 Å². The number of rotatable bonds is 3. The molecule has 0 fully saturated rings. The minimum Gasteiger partial charge on any atom is -0.469 e. The normalized spacial score (nSPS) is 16.4. The van der Waals surface area contributed by atoms with Crippen LogP contribution in [0, 0.1) is 12.8 Å². The molecule has 0 amide bonds. The second-order valence-corrected chi connectivity index (χ2v) is 6.65. The molecule has 1 aliphatic carbocycles. The summed E-state index contributed by atoms with van der Waals surface area (Å²) < 4.78 is 4.82. The Hall–Kier alpha value is -2.14. The molecule has 1 aliphatic rings. The van der Waals surface area contributed by atoms with Crippen LogP contribution < -0.4 is 5.73 Å². The Balaban J connectivity index is 1.99. The molecule has 1 heterocycles. The van der Waals surface area contributed by atoms with Gasteiger partial charge in [0, 0.05) is 10.4 Å². The van der Waals surface area contributed by atoms with Gasteiger partial charge in [0.1, 0.15) is 0 Å². The third kappa shape index (κ3) is 2.31. The van der Waals surface area contributed by atoms with E-state index in [2.05, 4.69) is 0 Å². The smallest absolute Gasteiger partial charge is 0.309 e. The van der Waals surface area contributed by atoms with Crippen molar-refractivity contribution in [1.82, 2.24) is 0 Å². The van der Waals surface area contributed by atoms with Crippen LogP contribution in [0.4, 0.5) is 5.00 Å². The number of nitrogen functional groups attached to an aromatic ring is 1. The van der Waals surface area contributed by atoms with E-state index in [0.29, 0.717) is 29.0 Å². The topological polar surface area (TPSA) is 69.4 Å². The van der Waals surface area contributed by atoms with Crippen LogP contribution >= 0.6 is 11.3 Å². The third-order valence-corrected chi connectivity index (χ3v) is 5.24. The molecule has 2 N–H and O–H groups in total. The Morgan fingerprint density at radius 2 is 2.00 bits per heavy atom. The van der Waals surface area contributed by atoms with Gasteiger partial charge < -0.3 is 10.5 Å². The molecule has 0 aliphatic heterocycles. The van der Waals surface area contributed by atoms with Crippen molar-refractivity contribution in [3.05, 3.63) is 51.4 Å². The number of benzene rings is 1. The van der Waals surface area contributed by atoms with Crippen molar-refractivity contribution >= 4 is 28.1 Å². The number of thiophene rings is 1. The Morgan fingerprint density at radius 1 is 1.27 bits per heavy atom. The summed E-state index contributed by atoms with van der Waals surface area (Å²) in [6.07, 6.45) is 1.14. The Labute approximate surface area is 132 Å². The molecule has 0 spiro atoms. The summed E-state index contributed by atoms with van der Waals surface area (Å²) in [5, 5.41) is 0.543. The predicted molar refractivity (Wildman–Crippen MR) is 86.3 cm³/mol. The van der Waals surface area contributed by atoms with E-state index in [4.69, 9.17) is 10.5 Å². The first-order valence-electron chi connectivity index (χ1n) is 7.11.